The molecule has 1 aliphatic heterocycles. The zero-order valence-electron chi connectivity index (χ0n) is 23.0. The van der Waals surface area contributed by atoms with E-state index in [1.165, 1.54) is 11.5 Å². The summed E-state index contributed by atoms with van der Waals surface area (Å²) in [4.78, 5) is 36.2. The Labute approximate surface area is 239 Å². The van der Waals surface area contributed by atoms with E-state index in [0.717, 1.165) is 43.2 Å². The molecule has 2 unspecified atom stereocenters. The first-order valence-corrected chi connectivity index (χ1v) is 14.7. The Morgan fingerprint density at radius 2 is 1.85 bits per heavy atom. The summed E-state index contributed by atoms with van der Waals surface area (Å²) in [6, 6.07) is 18.9. The topological polar surface area (TPSA) is 106 Å². The first-order valence-electron chi connectivity index (χ1n) is 14.0. The fraction of sp³-hybridized carbons (Fsp3) is 0.467. The van der Waals surface area contributed by atoms with Crippen molar-refractivity contribution in [1.29, 1.82) is 0 Å². The van der Waals surface area contributed by atoms with Crippen molar-refractivity contribution in [3.05, 3.63) is 66.2 Å². The van der Waals surface area contributed by atoms with Gasteiger partial charge in [-0.05, 0) is 31.7 Å². The van der Waals surface area contributed by atoms with Crippen molar-refractivity contribution in [2.45, 2.75) is 70.7 Å². The molecule has 2 aromatic carbocycles. The van der Waals surface area contributed by atoms with Gasteiger partial charge in [-0.15, -0.1) is 5.06 Å². The quantitative estimate of drug-likeness (QED) is 0.240. The molecule has 1 aromatic heterocycles. The van der Waals surface area contributed by atoms with Crippen LogP contribution in [0.25, 0.3) is 11.4 Å². The molecule has 10 heteroatoms. The number of ether oxygens (including phenoxy) is 2. The number of unbranched alkanes of at least 4 members (excludes halogenated alkanes) is 1. The summed E-state index contributed by atoms with van der Waals surface area (Å²) in [6.07, 6.45) is 3.83. The fourth-order valence-electron chi connectivity index (χ4n) is 4.90. The molecule has 0 bridgehead atoms. The Morgan fingerprint density at radius 3 is 2.52 bits per heavy atom. The maximum absolute atomic E-state index is 13.3. The molecule has 9 nitrogen and oxygen atoms in total. The van der Waals surface area contributed by atoms with Gasteiger partial charge in [-0.2, -0.15) is 9.36 Å². The van der Waals surface area contributed by atoms with Crippen molar-refractivity contribution in [2.75, 3.05) is 13.2 Å². The minimum Gasteiger partial charge on any atom is -0.468 e. The number of hydrogen-bond donors (Lipinski definition) is 1. The first-order chi connectivity index (χ1) is 19.5. The van der Waals surface area contributed by atoms with E-state index in [1.54, 1.807) is 5.06 Å². The van der Waals surface area contributed by atoms with Crippen LogP contribution in [0.4, 0.5) is 4.79 Å². The Hall–Kier alpha value is -3.34. The van der Waals surface area contributed by atoms with Gasteiger partial charge in [-0.1, -0.05) is 86.8 Å². The molecule has 0 radical (unpaired) electrons. The summed E-state index contributed by atoms with van der Waals surface area (Å²) in [5, 5.41) is 4.99. The van der Waals surface area contributed by atoms with E-state index in [4.69, 9.17) is 14.3 Å². The lowest BCUT2D eigenvalue weighted by molar-refractivity contribution is -0.122. The average molecular weight is 565 g/mol. The highest BCUT2D eigenvalue weighted by Crippen LogP contribution is 2.42. The smallest absolute Gasteiger partial charge is 0.407 e. The number of nitrogens with zero attached hydrogens (tertiary/aromatic N) is 3. The number of carbonyl (C=O) groups is 2. The van der Waals surface area contributed by atoms with Gasteiger partial charge in [-0.25, -0.2) is 4.79 Å². The predicted molar refractivity (Wildman–Crippen MR) is 151 cm³/mol. The van der Waals surface area contributed by atoms with Crippen LogP contribution in [-0.2, 0) is 14.4 Å². The van der Waals surface area contributed by atoms with Crippen LogP contribution < -0.4 is 10.1 Å². The van der Waals surface area contributed by atoms with E-state index in [0.29, 0.717) is 24.0 Å². The largest absolute Gasteiger partial charge is 0.468 e. The third-order valence-electron chi connectivity index (χ3n) is 7.66. The highest BCUT2D eigenvalue weighted by molar-refractivity contribution is 7.07. The van der Waals surface area contributed by atoms with Crippen LogP contribution in [0.3, 0.4) is 0 Å². The minimum atomic E-state index is -0.670. The SMILES string of the molecule is CCCC[C@H](NC(=O)OCC1(COc2nc(-c3ccccc3)ns2)CCC1)C(=O)C1ON1[C@H](C)c1ccccc1. The molecule has 1 saturated heterocycles. The van der Waals surface area contributed by atoms with Crippen molar-refractivity contribution in [3.63, 3.8) is 0 Å². The normalized spacial score (nSPS) is 20.6. The Bertz CT molecular complexity index is 1270. The van der Waals surface area contributed by atoms with Gasteiger partial charge in [0.1, 0.15) is 6.61 Å². The maximum Gasteiger partial charge on any atom is 0.407 e. The van der Waals surface area contributed by atoms with Crippen molar-refractivity contribution in [3.8, 4) is 16.6 Å². The molecule has 3 aromatic rings. The number of rotatable bonds is 14. The number of benzene rings is 2. The Kier molecular flexibility index (Phi) is 9.08. The van der Waals surface area contributed by atoms with E-state index < -0.39 is 18.4 Å². The van der Waals surface area contributed by atoms with Crippen LogP contribution in [0.15, 0.2) is 60.7 Å². The minimum absolute atomic E-state index is 0.0655. The molecule has 2 aliphatic rings. The number of carbonyl (C=O) groups excluding carboxylic acids is 2. The molecule has 212 valence electrons. The third-order valence-corrected chi connectivity index (χ3v) is 8.29. The highest BCUT2D eigenvalue weighted by Gasteiger charge is 2.49. The van der Waals surface area contributed by atoms with Crippen molar-refractivity contribution in [1.82, 2.24) is 19.7 Å². The molecule has 2 fully saturated rings. The number of alkyl carbamates (subject to hydrolysis) is 1. The molecule has 1 saturated carbocycles. The Balaban J connectivity index is 1.12. The van der Waals surface area contributed by atoms with Gasteiger partial charge in [0, 0.05) is 22.5 Å². The zero-order valence-corrected chi connectivity index (χ0v) is 23.8. The predicted octanol–water partition coefficient (Wildman–Crippen LogP) is 5.94. The second-order valence-corrected chi connectivity index (χ2v) is 11.3. The number of hydroxylamine groups is 2. The standard InChI is InChI=1S/C30H36N4O5S/c1-3-4-16-24(25(35)27-34(39-27)21(2)22-12-7-5-8-13-22)31-28(36)37-19-30(17-11-18-30)20-38-29-32-26(33-40-29)23-14-9-6-10-15-23/h5-10,12-15,21,24,27H,3-4,11,16-20H2,1-2H3,(H,31,36)/t21-,24+,27?,34?/m1/s1. The first kappa shape index (κ1) is 28.2. The number of Topliss-reactive ketones (excluding diaryl/α,β-unsaturated/α-hetero) is 1. The Morgan fingerprint density at radius 1 is 1.12 bits per heavy atom. The molecule has 1 N–H and O–H groups in total. The van der Waals surface area contributed by atoms with Crippen LogP contribution in [-0.4, -0.2) is 51.8 Å². The average Bonchev–Trinajstić information content (AvgIpc) is 3.63. The number of aromatic nitrogens is 2. The molecule has 40 heavy (non-hydrogen) atoms. The number of nitrogens with one attached hydrogen (secondary N) is 1. The van der Waals surface area contributed by atoms with Gasteiger partial charge in [0.25, 0.3) is 5.19 Å². The van der Waals surface area contributed by atoms with Crippen molar-refractivity contribution >= 4 is 23.4 Å². The van der Waals surface area contributed by atoms with Gasteiger partial charge in [-0.3, -0.25) is 9.63 Å². The summed E-state index contributed by atoms with van der Waals surface area (Å²) >= 11 is 1.22. The molecular formula is C30H36N4O5S. The maximum atomic E-state index is 13.3. The van der Waals surface area contributed by atoms with Crippen LogP contribution >= 0.6 is 11.5 Å². The van der Waals surface area contributed by atoms with Crippen LogP contribution in [0.5, 0.6) is 5.19 Å². The van der Waals surface area contributed by atoms with Gasteiger partial charge in [0.2, 0.25) is 12.0 Å². The second-order valence-electron chi connectivity index (χ2n) is 10.6. The van der Waals surface area contributed by atoms with E-state index in [2.05, 4.69) is 21.6 Å². The fourth-order valence-corrected chi connectivity index (χ4v) is 5.45. The lowest BCUT2D eigenvalue weighted by Gasteiger charge is -2.40. The lowest BCUT2D eigenvalue weighted by atomic mass is 9.70. The van der Waals surface area contributed by atoms with Crippen LogP contribution in [0, 0.1) is 5.41 Å². The highest BCUT2D eigenvalue weighted by atomic mass is 32.1. The van der Waals surface area contributed by atoms with Crippen molar-refractivity contribution in [2.24, 2.45) is 5.41 Å². The summed E-state index contributed by atoms with van der Waals surface area (Å²) in [7, 11) is 0. The van der Waals surface area contributed by atoms with Gasteiger partial charge in [0.15, 0.2) is 5.82 Å². The lowest BCUT2D eigenvalue weighted by Crippen LogP contribution is -2.46. The number of amides is 1. The van der Waals surface area contributed by atoms with E-state index >= 15 is 0 Å². The van der Waals surface area contributed by atoms with Crippen LogP contribution in [0.1, 0.15) is 64.0 Å². The van der Waals surface area contributed by atoms with Crippen molar-refractivity contribution < 1.29 is 23.9 Å². The summed E-state index contributed by atoms with van der Waals surface area (Å²) in [6.45, 7) is 4.66. The molecule has 5 rings (SSSR count). The van der Waals surface area contributed by atoms with E-state index in [-0.39, 0.29) is 23.8 Å². The molecule has 1 aliphatic carbocycles. The second kappa shape index (κ2) is 12.9. The molecule has 2 heterocycles. The summed E-state index contributed by atoms with van der Waals surface area (Å²) in [5.74, 6) is 0.485. The number of hydrogen-bond acceptors (Lipinski definition) is 9. The van der Waals surface area contributed by atoms with Crippen LogP contribution in [0.2, 0.25) is 0 Å². The van der Waals surface area contributed by atoms with E-state index in [9.17, 15) is 9.59 Å². The molecular weight excluding hydrogens is 528 g/mol. The summed E-state index contributed by atoms with van der Waals surface area (Å²) in [5.41, 5.74) is 1.74. The molecule has 1 amide bonds. The molecule has 0 spiro atoms. The van der Waals surface area contributed by atoms with E-state index in [1.807, 2.05) is 67.6 Å². The third kappa shape index (κ3) is 6.86. The molecule has 4 atom stereocenters. The van der Waals surface area contributed by atoms with Gasteiger partial charge >= 0.3 is 6.09 Å². The van der Waals surface area contributed by atoms with Gasteiger partial charge in [0.05, 0.1) is 18.7 Å². The van der Waals surface area contributed by atoms with Gasteiger partial charge < -0.3 is 14.8 Å². The zero-order chi connectivity index (χ0) is 28.0. The summed E-state index contributed by atoms with van der Waals surface area (Å²) < 4.78 is 16.0. The monoisotopic (exact) mass is 564 g/mol. The number of ketones is 1.